The molecular formula is C16H11FN4O4S. The maximum Gasteiger partial charge on any atom is 0.305 e. The van der Waals surface area contributed by atoms with Gasteiger partial charge in [0, 0.05) is 23.7 Å². The van der Waals surface area contributed by atoms with Gasteiger partial charge in [0.2, 0.25) is 5.82 Å². The number of nitro groups is 1. The van der Waals surface area contributed by atoms with Gasteiger partial charge < -0.3 is 4.74 Å². The van der Waals surface area contributed by atoms with Crippen molar-refractivity contribution in [2.24, 2.45) is 0 Å². The smallest absolute Gasteiger partial charge is 0.305 e. The van der Waals surface area contributed by atoms with E-state index in [2.05, 4.69) is 15.3 Å². The molecule has 0 fully saturated rings. The van der Waals surface area contributed by atoms with Crippen LogP contribution >= 0.6 is 11.3 Å². The Labute approximate surface area is 150 Å². The summed E-state index contributed by atoms with van der Waals surface area (Å²) in [6.45, 7) is -0.393. The summed E-state index contributed by atoms with van der Waals surface area (Å²) in [6.07, 6.45) is 1.64. The van der Waals surface area contributed by atoms with E-state index >= 15 is 0 Å². The van der Waals surface area contributed by atoms with Gasteiger partial charge in [-0.05, 0) is 18.2 Å². The van der Waals surface area contributed by atoms with Crippen LogP contribution in [0, 0.1) is 15.9 Å². The van der Waals surface area contributed by atoms with Crippen molar-refractivity contribution < 1.29 is 18.8 Å². The average Bonchev–Trinajstić information content (AvgIpc) is 3.09. The van der Waals surface area contributed by atoms with E-state index in [0.717, 1.165) is 12.1 Å². The molecule has 0 unspecified atom stereocenters. The SMILES string of the molecule is O=C(COc1ccc([N+](=O)[O-])c(F)c1)Nc1nc(-c2ccccn2)cs1. The Morgan fingerprint density at radius 1 is 1.31 bits per heavy atom. The number of nitro benzene ring substituents is 1. The van der Waals surface area contributed by atoms with Gasteiger partial charge in [-0.2, -0.15) is 4.39 Å². The molecule has 0 aliphatic carbocycles. The van der Waals surface area contributed by atoms with E-state index in [1.54, 1.807) is 23.7 Å². The zero-order valence-corrected chi connectivity index (χ0v) is 13.9. The van der Waals surface area contributed by atoms with Crippen molar-refractivity contribution in [3.05, 3.63) is 63.9 Å². The first-order valence-corrected chi connectivity index (χ1v) is 8.14. The number of rotatable bonds is 6. The van der Waals surface area contributed by atoms with Crippen LogP contribution in [0.15, 0.2) is 48.0 Å². The number of hydrogen-bond acceptors (Lipinski definition) is 7. The molecule has 8 nitrogen and oxygen atoms in total. The Kier molecular flexibility index (Phi) is 5.13. The first-order valence-electron chi connectivity index (χ1n) is 7.26. The predicted octanol–water partition coefficient (Wildman–Crippen LogP) is 3.27. The number of nitrogens with zero attached hydrogens (tertiary/aromatic N) is 3. The maximum absolute atomic E-state index is 13.5. The molecule has 1 N–H and O–H groups in total. The first-order chi connectivity index (χ1) is 12.5. The molecule has 3 aromatic rings. The molecule has 1 aromatic carbocycles. The lowest BCUT2D eigenvalue weighted by molar-refractivity contribution is -0.387. The van der Waals surface area contributed by atoms with Crippen molar-refractivity contribution in [1.82, 2.24) is 9.97 Å². The Bertz CT molecular complexity index is 948. The fourth-order valence-electron chi connectivity index (χ4n) is 1.99. The fraction of sp³-hybridized carbons (Fsp3) is 0.0625. The average molecular weight is 374 g/mol. The first kappa shape index (κ1) is 17.4. The zero-order chi connectivity index (χ0) is 18.5. The van der Waals surface area contributed by atoms with Gasteiger partial charge in [0.15, 0.2) is 11.7 Å². The van der Waals surface area contributed by atoms with Crippen LogP contribution in [0.4, 0.5) is 15.2 Å². The van der Waals surface area contributed by atoms with Gasteiger partial charge in [-0.3, -0.25) is 25.2 Å². The minimum atomic E-state index is -1.03. The van der Waals surface area contributed by atoms with Gasteiger partial charge in [-0.15, -0.1) is 11.3 Å². The second kappa shape index (κ2) is 7.66. The molecular weight excluding hydrogens is 363 g/mol. The third kappa shape index (κ3) is 4.16. The van der Waals surface area contributed by atoms with Crippen LogP contribution in [0.5, 0.6) is 5.75 Å². The number of hydrogen-bond donors (Lipinski definition) is 1. The Morgan fingerprint density at radius 3 is 2.85 bits per heavy atom. The third-order valence-electron chi connectivity index (χ3n) is 3.16. The van der Waals surface area contributed by atoms with Crippen molar-refractivity contribution in [3.8, 4) is 17.1 Å². The second-order valence-electron chi connectivity index (χ2n) is 4.96. The summed E-state index contributed by atoms with van der Waals surface area (Å²) in [6, 6.07) is 8.47. The number of amides is 1. The number of halogens is 1. The number of aromatic nitrogens is 2. The van der Waals surface area contributed by atoms with E-state index < -0.39 is 28.9 Å². The van der Waals surface area contributed by atoms with Gasteiger partial charge in [-0.25, -0.2) is 4.98 Å². The number of nitrogens with one attached hydrogen (secondary N) is 1. The summed E-state index contributed by atoms with van der Waals surface area (Å²) in [7, 11) is 0. The lowest BCUT2D eigenvalue weighted by Gasteiger charge is -2.06. The van der Waals surface area contributed by atoms with E-state index in [1.807, 2.05) is 6.07 Å². The van der Waals surface area contributed by atoms with Crippen LogP contribution in [0.2, 0.25) is 0 Å². The third-order valence-corrected chi connectivity index (χ3v) is 3.92. The summed E-state index contributed by atoms with van der Waals surface area (Å²) >= 11 is 1.23. The minimum absolute atomic E-state index is 0.0107. The predicted molar refractivity (Wildman–Crippen MR) is 92.5 cm³/mol. The molecule has 0 aliphatic heterocycles. The van der Waals surface area contributed by atoms with E-state index in [0.29, 0.717) is 16.5 Å². The molecule has 3 rings (SSSR count). The number of benzene rings is 1. The quantitative estimate of drug-likeness (QED) is 0.524. The fourth-order valence-corrected chi connectivity index (χ4v) is 2.71. The summed E-state index contributed by atoms with van der Waals surface area (Å²) in [5, 5.41) is 15.2. The second-order valence-corrected chi connectivity index (χ2v) is 5.82. The Hall–Kier alpha value is -3.40. The molecule has 0 atom stereocenters. The number of thiazole rings is 1. The topological polar surface area (TPSA) is 107 Å². The Morgan fingerprint density at radius 2 is 2.15 bits per heavy atom. The van der Waals surface area contributed by atoms with Crippen molar-refractivity contribution in [3.63, 3.8) is 0 Å². The van der Waals surface area contributed by atoms with Gasteiger partial charge in [-0.1, -0.05) is 6.07 Å². The largest absolute Gasteiger partial charge is 0.484 e. The van der Waals surface area contributed by atoms with Gasteiger partial charge >= 0.3 is 5.69 Å². The molecule has 2 aromatic heterocycles. The lowest BCUT2D eigenvalue weighted by Crippen LogP contribution is -2.20. The maximum atomic E-state index is 13.5. The number of ether oxygens (including phenoxy) is 1. The number of pyridine rings is 1. The highest BCUT2D eigenvalue weighted by Gasteiger charge is 2.15. The van der Waals surface area contributed by atoms with E-state index in [-0.39, 0.29) is 5.75 Å². The van der Waals surface area contributed by atoms with E-state index in [1.165, 1.54) is 17.4 Å². The number of carbonyl (C=O) groups excluding carboxylic acids is 1. The van der Waals surface area contributed by atoms with Crippen LogP contribution in [0.1, 0.15) is 0 Å². The molecule has 132 valence electrons. The van der Waals surface area contributed by atoms with Crippen molar-refractivity contribution in [2.45, 2.75) is 0 Å². The van der Waals surface area contributed by atoms with Gasteiger partial charge in [0.05, 0.1) is 10.6 Å². The van der Waals surface area contributed by atoms with Gasteiger partial charge in [0.25, 0.3) is 5.91 Å². The monoisotopic (exact) mass is 374 g/mol. The zero-order valence-electron chi connectivity index (χ0n) is 13.1. The van der Waals surface area contributed by atoms with E-state index in [4.69, 9.17) is 4.74 Å². The molecule has 0 spiro atoms. The molecule has 0 aliphatic rings. The van der Waals surface area contributed by atoms with Crippen LogP contribution in [0.3, 0.4) is 0 Å². The molecule has 0 radical (unpaired) electrons. The Balaban J connectivity index is 1.57. The summed E-state index contributed by atoms with van der Waals surface area (Å²) in [5.74, 6) is -1.52. The summed E-state index contributed by atoms with van der Waals surface area (Å²) in [4.78, 5) is 30.0. The molecule has 26 heavy (non-hydrogen) atoms. The van der Waals surface area contributed by atoms with E-state index in [9.17, 15) is 19.3 Å². The highest BCUT2D eigenvalue weighted by molar-refractivity contribution is 7.14. The van der Waals surface area contributed by atoms with Crippen LogP contribution in [-0.2, 0) is 4.79 Å². The molecule has 10 heteroatoms. The molecule has 1 amide bonds. The minimum Gasteiger partial charge on any atom is -0.484 e. The van der Waals surface area contributed by atoms with Crippen molar-refractivity contribution >= 4 is 28.1 Å². The highest BCUT2D eigenvalue weighted by atomic mass is 32.1. The standard InChI is InChI=1S/C16H11FN4O4S/c17-11-7-10(4-5-14(11)21(23)24)25-8-15(22)20-16-19-13(9-26-16)12-3-1-2-6-18-12/h1-7,9H,8H2,(H,19,20,22). The molecule has 0 bridgehead atoms. The summed E-state index contributed by atoms with van der Waals surface area (Å²) in [5.41, 5.74) is 0.651. The number of carbonyl (C=O) groups is 1. The highest BCUT2D eigenvalue weighted by Crippen LogP contribution is 2.24. The van der Waals surface area contributed by atoms with Crippen molar-refractivity contribution in [2.75, 3.05) is 11.9 Å². The van der Waals surface area contributed by atoms with Crippen LogP contribution < -0.4 is 10.1 Å². The molecule has 2 heterocycles. The summed E-state index contributed by atoms with van der Waals surface area (Å²) < 4.78 is 18.6. The van der Waals surface area contributed by atoms with Gasteiger partial charge in [0.1, 0.15) is 11.4 Å². The number of anilines is 1. The lowest BCUT2D eigenvalue weighted by atomic mass is 10.3. The van der Waals surface area contributed by atoms with Crippen LogP contribution in [-0.4, -0.2) is 27.4 Å². The van der Waals surface area contributed by atoms with Crippen molar-refractivity contribution in [1.29, 1.82) is 0 Å². The van der Waals surface area contributed by atoms with Crippen LogP contribution in [0.25, 0.3) is 11.4 Å². The molecule has 0 saturated heterocycles. The normalized spacial score (nSPS) is 10.3. The molecule has 0 saturated carbocycles.